The van der Waals surface area contributed by atoms with Crippen LogP contribution in [0.1, 0.15) is 5.56 Å². The van der Waals surface area contributed by atoms with E-state index in [1.54, 1.807) is 12.1 Å². The van der Waals surface area contributed by atoms with Crippen molar-refractivity contribution in [2.24, 2.45) is 5.73 Å². The summed E-state index contributed by atoms with van der Waals surface area (Å²) >= 11 is 0. The highest BCUT2D eigenvalue weighted by molar-refractivity contribution is 5.73. The predicted molar refractivity (Wildman–Crippen MR) is 78.3 cm³/mol. The molecule has 2 aromatic carbocycles. The molecule has 5 nitrogen and oxygen atoms in total. The van der Waals surface area contributed by atoms with Gasteiger partial charge in [0.2, 0.25) is 0 Å². The van der Waals surface area contributed by atoms with E-state index in [0.29, 0.717) is 0 Å². The number of aliphatic carboxylic acids is 1. The molecular weight excluding hydrogens is 256 g/mol. The van der Waals surface area contributed by atoms with E-state index in [2.05, 4.69) is 0 Å². The van der Waals surface area contributed by atoms with Crippen molar-refractivity contribution in [1.82, 2.24) is 0 Å². The van der Waals surface area contributed by atoms with Gasteiger partial charge in [-0.2, -0.15) is 0 Å². The molecule has 20 heavy (non-hydrogen) atoms. The normalized spacial score (nSPS) is 11.1. The predicted octanol–water partition coefficient (Wildman–Crippen LogP) is 1.62. The molecule has 0 heterocycles. The number of para-hydroxylation sites is 1. The molecule has 0 aromatic heterocycles. The van der Waals surface area contributed by atoms with Crippen LogP contribution in [0.2, 0.25) is 0 Å². The van der Waals surface area contributed by atoms with Gasteiger partial charge < -0.3 is 21.7 Å². The molecule has 6 N–H and O–H groups in total. The van der Waals surface area contributed by atoms with Gasteiger partial charge in [-0.1, -0.05) is 30.3 Å². The Labute approximate surface area is 117 Å². The average Bonchev–Trinajstić information content (AvgIpc) is 2.43. The number of phenolic OH excluding ortho intramolecular Hbond substituents is 1. The molecule has 0 unspecified atom stereocenters. The Morgan fingerprint density at radius 1 is 1.05 bits per heavy atom. The van der Waals surface area contributed by atoms with E-state index in [1.165, 1.54) is 12.1 Å². The first kappa shape index (κ1) is 15.5. The molecule has 0 aliphatic rings. The minimum Gasteiger partial charge on any atom is -0.508 e. The monoisotopic (exact) mass is 274 g/mol. The van der Waals surface area contributed by atoms with E-state index in [4.69, 9.17) is 21.7 Å². The summed E-state index contributed by atoms with van der Waals surface area (Å²) in [6.07, 6.45) is 0.273. The molecule has 0 aliphatic carbocycles. The van der Waals surface area contributed by atoms with Gasteiger partial charge in [0.05, 0.1) is 0 Å². The fourth-order valence-electron chi connectivity index (χ4n) is 1.43. The van der Waals surface area contributed by atoms with Crippen LogP contribution in [0.4, 0.5) is 5.69 Å². The number of carbonyl (C=O) groups is 1. The molecule has 0 saturated carbocycles. The van der Waals surface area contributed by atoms with Crippen LogP contribution < -0.4 is 11.5 Å². The zero-order valence-electron chi connectivity index (χ0n) is 10.9. The average molecular weight is 274 g/mol. The van der Waals surface area contributed by atoms with Gasteiger partial charge in [0.15, 0.2) is 0 Å². The van der Waals surface area contributed by atoms with Gasteiger partial charge in [-0.05, 0) is 36.2 Å². The number of hydrogen-bond acceptors (Lipinski definition) is 4. The molecule has 2 rings (SSSR count). The van der Waals surface area contributed by atoms with Gasteiger partial charge in [-0.3, -0.25) is 4.79 Å². The molecule has 0 bridgehead atoms. The van der Waals surface area contributed by atoms with Crippen molar-refractivity contribution in [1.29, 1.82) is 0 Å². The first-order valence-electron chi connectivity index (χ1n) is 6.06. The molecule has 0 radical (unpaired) electrons. The quantitative estimate of drug-likeness (QED) is 0.636. The molecule has 0 fully saturated rings. The maximum atomic E-state index is 10.4. The Morgan fingerprint density at radius 3 is 2.00 bits per heavy atom. The van der Waals surface area contributed by atoms with E-state index >= 15 is 0 Å². The SMILES string of the molecule is N[C@@H](Cc1ccc(O)cc1)C(=O)O.Nc1ccccc1. The summed E-state index contributed by atoms with van der Waals surface area (Å²) in [7, 11) is 0. The summed E-state index contributed by atoms with van der Waals surface area (Å²) in [6.45, 7) is 0. The maximum absolute atomic E-state index is 10.4. The van der Waals surface area contributed by atoms with Crippen LogP contribution in [0.5, 0.6) is 5.75 Å². The molecule has 1 atom stereocenters. The van der Waals surface area contributed by atoms with Crippen molar-refractivity contribution in [2.45, 2.75) is 12.5 Å². The Kier molecular flexibility index (Phi) is 6.06. The number of anilines is 1. The minimum atomic E-state index is -1.02. The van der Waals surface area contributed by atoms with Crippen LogP contribution in [-0.4, -0.2) is 22.2 Å². The second-order valence-corrected chi connectivity index (χ2v) is 4.23. The zero-order valence-corrected chi connectivity index (χ0v) is 10.9. The number of nitrogen functional groups attached to an aromatic ring is 1. The van der Waals surface area contributed by atoms with Crippen LogP contribution in [0.3, 0.4) is 0 Å². The van der Waals surface area contributed by atoms with E-state index in [-0.39, 0.29) is 12.2 Å². The molecule has 0 saturated heterocycles. The lowest BCUT2D eigenvalue weighted by Gasteiger charge is -2.05. The summed E-state index contributed by atoms with van der Waals surface area (Å²) in [6, 6.07) is 14.9. The summed E-state index contributed by atoms with van der Waals surface area (Å²) in [5.41, 5.74) is 12.3. The van der Waals surface area contributed by atoms with Crippen LogP contribution in [0.25, 0.3) is 0 Å². The van der Waals surface area contributed by atoms with Crippen LogP contribution in [0, 0.1) is 0 Å². The first-order chi connectivity index (χ1) is 9.49. The second kappa shape index (κ2) is 7.81. The zero-order chi connectivity index (χ0) is 15.0. The van der Waals surface area contributed by atoms with Gasteiger partial charge in [0, 0.05) is 5.69 Å². The fraction of sp³-hybridized carbons (Fsp3) is 0.133. The Morgan fingerprint density at radius 2 is 1.60 bits per heavy atom. The standard InChI is InChI=1S/C9H11NO3.C6H7N/c10-8(9(12)13)5-6-1-3-7(11)4-2-6;7-6-4-2-1-3-5-6/h1-4,8,11H,5,10H2,(H,12,13);1-5H,7H2/t8-;/m0./s1. The molecule has 0 amide bonds. The highest BCUT2D eigenvalue weighted by atomic mass is 16.4. The Bertz CT molecular complexity index is 527. The van der Waals surface area contributed by atoms with Crippen molar-refractivity contribution < 1.29 is 15.0 Å². The fourth-order valence-corrected chi connectivity index (χ4v) is 1.43. The molecule has 0 aliphatic heterocycles. The lowest BCUT2D eigenvalue weighted by Crippen LogP contribution is -2.32. The van der Waals surface area contributed by atoms with Crippen molar-refractivity contribution in [3.8, 4) is 5.75 Å². The van der Waals surface area contributed by atoms with Crippen molar-refractivity contribution >= 4 is 11.7 Å². The Balaban J connectivity index is 0.000000240. The van der Waals surface area contributed by atoms with Gasteiger partial charge in [0.25, 0.3) is 0 Å². The number of rotatable bonds is 3. The molecule has 0 spiro atoms. The summed E-state index contributed by atoms with van der Waals surface area (Å²) in [5, 5.41) is 17.5. The largest absolute Gasteiger partial charge is 0.508 e. The number of aromatic hydroxyl groups is 1. The summed E-state index contributed by atoms with van der Waals surface area (Å²) in [4.78, 5) is 10.4. The van der Waals surface area contributed by atoms with Crippen LogP contribution in [0.15, 0.2) is 54.6 Å². The van der Waals surface area contributed by atoms with E-state index < -0.39 is 12.0 Å². The van der Waals surface area contributed by atoms with Crippen LogP contribution >= 0.6 is 0 Å². The van der Waals surface area contributed by atoms with Crippen molar-refractivity contribution in [2.75, 3.05) is 5.73 Å². The topological polar surface area (TPSA) is 110 Å². The highest BCUT2D eigenvalue weighted by Gasteiger charge is 2.11. The van der Waals surface area contributed by atoms with Crippen molar-refractivity contribution in [3.05, 3.63) is 60.2 Å². The van der Waals surface area contributed by atoms with Gasteiger partial charge in [-0.15, -0.1) is 0 Å². The number of phenols is 1. The van der Waals surface area contributed by atoms with Gasteiger partial charge >= 0.3 is 5.97 Å². The second-order valence-electron chi connectivity index (χ2n) is 4.23. The summed E-state index contributed by atoms with van der Waals surface area (Å²) in [5.74, 6) is -0.860. The highest BCUT2D eigenvalue weighted by Crippen LogP contribution is 2.10. The van der Waals surface area contributed by atoms with Gasteiger partial charge in [0.1, 0.15) is 11.8 Å². The third-order valence-corrected chi connectivity index (χ3v) is 2.51. The number of hydrogen-bond donors (Lipinski definition) is 4. The Hall–Kier alpha value is -2.53. The smallest absolute Gasteiger partial charge is 0.320 e. The van der Waals surface area contributed by atoms with E-state index in [0.717, 1.165) is 11.3 Å². The summed E-state index contributed by atoms with van der Waals surface area (Å²) < 4.78 is 0. The molecule has 5 heteroatoms. The third-order valence-electron chi connectivity index (χ3n) is 2.51. The molecule has 2 aromatic rings. The lowest BCUT2D eigenvalue weighted by molar-refractivity contribution is -0.138. The third kappa shape index (κ3) is 5.88. The first-order valence-corrected chi connectivity index (χ1v) is 6.06. The number of carboxylic acids is 1. The number of benzene rings is 2. The number of carboxylic acid groups (broad SMARTS) is 1. The van der Waals surface area contributed by atoms with Gasteiger partial charge in [-0.25, -0.2) is 0 Å². The van der Waals surface area contributed by atoms with Crippen molar-refractivity contribution in [3.63, 3.8) is 0 Å². The van der Waals surface area contributed by atoms with E-state index in [1.807, 2.05) is 30.3 Å². The van der Waals surface area contributed by atoms with Crippen LogP contribution in [-0.2, 0) is 11.2 Å². The van der Waals surface area contributed by atoms with E-state index in [9.17, 15) is 4.79 Å². The number of nitrogens with two attached hydrogens (primary N) is 2. The molecule has 106 valence electrons. The molecular formula is C15H18N2O3. The minimum absolute atomic E-state index is 0.160. The maximum Gasteiger partial charge on any atom is 0.320 e. The lowest BCUT2D eigenvalue weighted by atomic mass is 10.1.